The van der Waals surface area contributed by atoms with Crippen LogP contribution in [-0.2, 0) is 0 Å². The lowest BCUT2D eigenvalue weighted by molar-refractivity contribution is 0.504. The monoisotopic (exact) mass is 577 g/mol. The molecule has 6 rings (SSSR count). The number of furan rings is 1. The molecule has 2 nitrogen and oxygen atoms in total. The van der Waals surface area contributed by atoms with Crippen molar-refractivity contribution in [1.29, 1.82) is 0 Å². The van der Waals surface area contributed by atoms with Crippen LogP contribution in [0.15, 0.2) is 77.2 Å². The fourth-order valence-corrected chi connectivity index (χ4v) is 6.49. The molecule has 0 radical (unpaired) electrons. The number of aromatic amines is 1. The zero-order chi connectivity index (χ0) is 28.9. The smallest absolute Gasteiger partial charge is 0.101 e. The second-order valence-corrected chi connectivity index (χ2v) is 13.8. The molecule has 208 valence electrons. The van der Waals surface area contributed by atoms with E-state index in [0.29, 0.717) is 0 Å². The van der Waals surface area contributed by atoms with Crippen molar-refractivity contribution in [3.63, 3.8) is 0 Å². The predicted octanol–water partition coefficient (Wildman–Crippen LogP) is 11.8. The minimum atomic E-state index is 0.984. The van der Waals surface area contributed by atoms with E-state index < -0.39 is 0 Å². The molecule has 0 bridgehead atoms. The number of thiophene rings is 3. The van der Waals surface area contributed by atoms with Crippen LogP contribution in [0.3, 0.4) is 0 Å². The Morgan fingerprint density at radius 2 is 0.821 bits per heavy atom. The predicted molar refractivity (Wildman–Crippen MR) is 177 cm³/mol. The first-order valence-corrected chi connectivity index (χ1v) is 15.5. The highest BCUT2D eigenvalue weighted by molar-refractivity contribution is 7.27. The lowest BCUT2D eigenvalue weighted by Crippen LogP contribution is -1.70. The average Bonchev–Trinajstić information content (AvgIpc) is 3.67. The largest absolute Gasteiger partial charge is 0.467 e. The molecule has 1 N–H and O–H groups in total. The Bertz CT molecular complexity index is 1280. The van der Waals surface area contributed by atoms with Gasteiger partial charge in [-0.25, -0.2) is 0 Å². The van der Waals surface area contributed by atoms with Gasteiger partial charge in [-0.2, -0.15) is 0 Å². The molecule has 39 heavy (non-hydrogen) atoms. The average molecular weight is 578 g/mol. The molecule has 0 spiro atoms. The summed E-state index contributed by atoms with van der Waals surface area (Å²) in [6.45, 7) is 20.7. The van der Waals surface area contributed by atoms with E-state index in [9.17, 15) is 0 Å². The molecule has 0 atom stereocenters. The molecule has 5 heterocycles. The summed E-state index contributed by atoms with van der Waals surface area (Å²) in [5, 5.41) is 0. The third kappa shape index (κ3) is 13.2. The van der Waals surface area contributed by atoms with Crippen molar-refractivity contribution in [1.82, 2.24) is 4.98 Å². The van der Waals surface area contributed by atoms with Crippen LogP contribution in [0.4, 0.5) is 0 Å². The van der Waals surface area contributed by atoms with E-state index in [1.165, 1.54) is 51.4 Å². The summed E-state index contributed by atoms with van der Waals surface area (Å²) in [5.41, 5.74) is 5.13. The summed E-state index contributed by atoms with van der Waals surface area (Å²) in [6.07, 6.45) is 0. The molecule has 0 aliphatic carbocycles. The van der Waals surface area contributed by atoms with Crippen molar-refractivity contribution < 1.29 is 4.42 Å². The maximum absolute atomic E-state index is 5.08. The highest BCUT2D eigenvalue weighted by atomic mass is 32.1. The summed E-state index contributed by atoms with van der Waals surface area (Å²) >= 11 is 5.61. The second kappa shape index (κ2) is 16.3. The molecule has 0 fully saturated rings. The molecule has 0 aliphatic heterocycles. The van der Waals surface area contributed by atoms with Crippen LogP contribution in [0, 0.1) is 69.2 Å². The number of rotatable bonds is 0. The van der Waals surface area contributed by atoms with Crippen molar-refractivity contribution in [3.8, 4) is 0 Å². The van der Waals surface area contributed by atoms with E-state index in [0.717, 1.165) is 11.5 Å². The molecule has 1 aromatic carbocycles. The van der Waals surface area contributed by atoms with Gasteiger partial charge in [0.1, 0.15) is 11.5 Å². The van der Waals surface area contributed by atoms with E-state index in [1.54, 1.807) is 0 Å². The van der Waals surface area contributed by atoms with Crippen LogP contribution in [0.1, 0.15) is 53.5 Å². The van der Waals surface area contributed by atoms with Crippen LogP contribution in [0.5, 0.6) is 0 Å². The summed E-state index contributed by atoms with van der Waals surface area (Å²) in [5.74, 6) is 1.97. The Hall–Kier alpha value is -2.86. The van der Waals surface area contributed by atoms with Crippen LogP contribution >= 0.6 is 34.0 Å². The molecule has 0 saturated carbocycles. The van der Waals surface area contributed by atoms with Gasteiger partial charge in [-0.3, -0.25) is 0 Å². The Balaban J connectivity index is 0.000000172. The van der Waals surface area contributed by atoms with Gasteiger partial charge < -0.3 is 9.40 Å². The molecule has 6 aromatic rings. The standard InChI is InChI=1S/C8H8S2.C8H10.C6H9N.C6H8O.C6H8S/c1-5-3-7-8(9-5)4-6(2)10-7;1-7-3-5-8(2)6-4-7;3*1-5-3-4-6(2)7-5/h3-4H,1-2H3;3-6H,1-2H3;3-4,7H,1-2H3;2*3-4H,1-2H3. The van der Waals surface area contributed by atoms with Gasteiger partial charge in [0, 0.05) is 40.3 Å². The van der Waals surface area contributed by atoms with Gasteiger partial charge >= 0.3 is 0 Å². The molecule has 5 aromatic heterocycles. The van der Waals surface area contributed by atoms with Gasteiger partial charge in [0.15, 0.2) is 0 Å². The van der Waals surface area contributed by atoms with Crippen molar-refractivity contribution in [2.75, 3.05) is 0 Å². The first kappa shape index (κ1) is 32.4. The summed E-state index contributed by atoms with van der Waals surface area (Å²) in [7, 11) is 0. The molecule has 0 saturated heterocycles. The number of H-pyrrole nitrogens is 1. The molecule has 0 aliphatic rings. The van der Waals surface area contributed by atoms with Crippen molar-refractivity contribution in [2.45, 2.75) is 69.2 Å². The zero-order valence-electron chi connectivity index (χ0n) is 25.1. The van der Waals surface area contributed by atoms with Crippen molar-refractivity contribution in [3.05, 3.63) is 126 Å². The first-order chi connectivity index (χ1) is 18.4. The number of nitrogens with one attached hydrogen (secondary N) is 1. The molecular formula is C34H43NOS3. The number of benzene rings is 1. The summed E-state index contributed by atoms with van der Waals surface area (Å²) < 4.78 is 7.97. The van der Waals surface area contributed by atoms with Gasteiger partial charge in [-0.05, 0) is 118 Å². The van der Waals surface area contributed by atoms with Gasteiger partial charge in [0.2, 0.25) is 0 Å². The van der Waals surface area contributed by atoms with Crippen LogP contribution in [0.2, 0.25) is 0 Å². The fourth-order valence-electron chi connectivity index (χ4n) is 3.47. The Morgan fingerprint density at radius 3 is 1.05 bits per heavy atom. The van der Waals surface area contributed by atoms with Crippen LogP contribution < -0.4 is 0 Å². The molecular weight excluding hydrogens is 535 g/mol. The van der Waals surface area contributed by atoms with E-state index in [-0.39, 0.29) is 0 Å². The van der Waals surface area contributed by atoms with Crippen molar-refractivity contribution in [2.24, 2.45) is 0 Å². The summed E-state index contributed by atoms with van der Waals surface area (Å²) in [6, 6.07) is 25.3. The van der Waals surface area contributed by atoms with E-state index >= 15 is 0 Å². The van der Waals surface area contributed by atoms with Gasteiger partial charge in [0.05, 0.1) is 0 Å². The highest BCUT2D eigenvalue weighted by Gasteiger charge is 2.00. The minimum absolute atomic E-state index is 0.984. The normalized spacial score (nSPS) is 9.79. The van der Waals surface area contributed by atoms with Crippen LogP contribution in [-0.4, -0.2) is 4.98 Å². The third-order valence-electron chi connectivity index (χ3n) is 5.40. The Labute approximate surface area is 247 Å². The van der Waals surface area contributed by atoms with Gasteiger partial charge in [-0.15, -0.1) is 34.0 Å². The fraction of sp³-hybridized carbons (Fsp3) is 0.294. The Morgan fingerprint density at radius 1 is 0.436 bits per heavy atom. The highest BCUT2D eigenvalue weighted by Crippen LogP contribution is 2.31. The molecule has 0 amide bonds. The minimum Gasteiger partial charge on any atom is -0.467 e. The maximum atomic E-state index is 5.08. The number of aromatic nitrogens is 1. The zero-order valence-corrected chi connectivity index (χ0v) is 27.5. The lowest BCUT2D eigenvalue weighted by atomic mass is 10.2. The third-order valence-corrected chi connectivity index (χ3v) is 8.44. The molecule has 5 heteroatoms. The maximum Gasteiger partial charge on any atom is 0.101 e. The lowest BCUT2D eigenvalue weighted by Gasteiger charge is -1.90. The quantitative estimate of drug-likeness (QED) is 0.191. The van der Waals surface area contributed by atoms with Crippen LogP contribution in [0.25, 0.3) is 9.40 Å². The Kier molecular flexibility index (Phi) is 13.5. The van der Waals surface area contributed by atoms with Gasteiger partial charge in [0.25, 0.3) is 0 Å². The number of hydrogen-bond acceptors (Lipinski definition) is 4. The van der Waals surface area contributed by atoms with E-state index in [2.05, 4.69) is 107 Å². The van der Waals surface area contributed by atoms with Crippen molar-refractivity contribution >= 4 is 43.4 Å². The first-order valence-electron chi connectivity index (χ1n) is 13.1. The molecule has 0 unspecified atom stereocenters. The number of aryl methyl sites for hydroxylation is 10. The topological polar surface area (TPSA) is 28.9 Å². The second-order valence-electron chi connectivity index (χ2n) is 9.74. The number of fused-ring (bicyclic) bond motifs is 1. The number of hydrogen-bond donors (Lipinski definition) is 1. The van der Waals surface area contributed by atoms with E-state index in [1.807, 2.05) is 73.8 Å². The van der Waals surface area contributed by atoms with Gasteiger partial charge in [-0.1, -0.05) is 35.4 Å². The van der Waals surface area contributed by atoms with E-state index in [4.69, 9.17) is 4.42 Å². The summed E-state index contributed by atoms with van der Waals surface area (Å²) in [4.78, 5) is 8.78. The SMILES string of the molecule is Cc1cc2sc(C)cc2s1.Cc1ccc(C)[nH]1.Cc1ccc(C)cc1.Cc1ccc(C)o1.Cc1ccc(C)s1.